The van der Waals surface area contributed by atoms with Gasteiger partial charge in [-0.25, -0.2) is 8.42 Å². The maximum absolute atomic E-state index is 11.5. The molecular weight excluding hydrogens is 260 g/mol. The highest BCUT2D eigenvalue weighted by Gasteiger charge is 2.20. The molecule has 0 amide bonds. The average Bonchev–Trinajstić information content (AvgIpc) is 2.20. The summed E-state index contributed by atoms with van der Waals surface area (Å²) in [5.74, 6) is -0.0780. The lowest BCUT2D eigenvalue weighted by atomic mass is 9.84. The van der Waals surface area contributed by atoms with E-state index in [1.54, 1.807) is 12.1 Å². The maximum atomic E-state index is 11.5. The van der Waals surface area contributed by atoms with Crippen LogP contribution in [0.4, 0.5) is 0 Å². The van der Waals surface area contributed by atoms with Crippen LogP contribution in [0.1, 0.15) is 37.5 Å². The third-order valence-electron chi connectivity index (χ3n) is 2.92. The molecule has 19 heavy (non-hydrogen) atoms. The summed E-state index contributed by atoms with van der Waals surface area (Å²) in [6, 6.07) is 3.70. The summed E-state index contributed by atoms with van der Waals surface area (Å²) in [6.45, 7) is 9.83. The molecule has 0 spiro atoms. The van der Waals surface area contributed by atoms with E-state index in [0.717, 1.165) is 11.1 Å². The van der Waals surface area contributed by atoms with Gasteiger partial charge in [-0.15, -0.1) is 6.58 Å². The fourth-order valence-corrected chi connectivity index (χ4v) is 2.68. The number of sulfone groups is 1. The number of allylic oxidation sites excluding steroid dienone is 1. The number of aromatic hydroxyl groups is 1. The summed E-state index contributed by atoms with van der Waals surface area (Å²) in [7, 11) is -3.18. The highest BCUT2D eigenvalue weighted by molar-refractivity contribution is 7.89. The molecule has 0 saturated carbocycles. The second kappa shape index (κ2) is 5.37. The lowest BCUT2D eigenvalue weighted by molar-refractivity contribution is 0.462. The minimum Gasteiger partial charge on any atom is -0.507 e. The van der Waals surface area contributed by atoms with Crippen molar-refractivity contribution in [2.45, 2.75) is 38.4 Å². The number of hydrogen-bond donors (Lipinski definition) is 1. The molecule has 0 aliphatic heterocycles. The van der Waals surface area contributed by atoms with E-state index in [0.29, 0.717) is 12.0 Å². The van der Waals surface area contributed by atoms with Gasteiger partial charge in [-0.3, -0.25) is 0 Å². The summed E-state index contributed by atoms with van der Waals surface area (Å²) >= 11 is 0. The number of phenolic OH excluding ortho intramolecular Hbond substituents is 1. The Balaban J connectivity index is 3.44. The Morgan fingerprint density at radius 3 is 2.21 bits per heavy atom. The third-order valence-corrected chi connectivity index (χ3v) is 3.75. The fourth-order valence-electron chi connectivity index (χ4n) is 1.90. The molecule has 3 nitrogen and oxygen atoms in total. The van der Waals surface area contributed by atoms with Gasteiger partial charge in [0.25, 0.3) is 0 Å². The molecule has 0 aliphatic carbocycles. The van der Waals surface area contributed by atoms with Crippen LogP contribution in [-0.2, 0) is 27.4 Å². The van der Waals surface area contributed by atoms with Crippen molar-refractivity contribution in [3.63, 3.8) is 0 Å². The lowest BCUT2D eigenvalue weighted by Crippen LogP contribution is -2.13. The van der Waals surface area contributed by atoms with Gasteiger partial charge in [-0.05, 0) is 23.0 Å². The molecule has 0 saturated heterocycles. The van der Waals surface area contributed by atoms with E-state index in [1.165, 1.54) is 6.26 Å². The van der Waals surface area contributed by atoms with Crippen LogP contribution >= 0.6 is 0 Å². The van der Waals surface area contributed by atoms with Crippen molar-refractivity contribution in [3.05, 3.63) is 41.5 Å². The predicted molar refractivity (Wildman–Crippen MR) is 79.3 cm³/mol. The van der Waals surface area contributed by atoms with Crippen LogP contribution in [-0.4, -0.2) is 19.8 Å². The standard InChI is InChI=1S/C15H22O3S/c1-6-7-11-8-13(15(2,3)4)9-12(14(11)16)10-19(5,17)18/h6,8-9,16H,1,7,10H2,2-5H3. The molecule has 0 bridgehead atoms. The number of hydrogen-bond acceptors (Lipinski definition) is 3. The first-order valence-electron chi connectivity index (χ1n) is 6.18. The Hall–Kier alpha value is -1.29. The van der Waals surface area contributed by atoms with Crippen molar-refractivity contribution in [2.24, 2.45) is 0 Å². The van der Waals surface area contributed by atoms with Crippen LogP contribution in [0, 0.1) is 0 Å². The van der Waals surface area contributed by atoms with Crippen molar-refractivity contribution in [2.75, 3.05) is 6.26 Å². The molecule has 1 rings (SSSR count). The number of rotatable bonds is 4. The minimum atomic E-state index is -3.18. The van der Waals surface area contributed by atoms with Crippen molar-refractivity contribution in [3.8, 4) is 5.75 Å². The maximum Gasteiger partial charge on any atom is 0.151 e. The molecule has 1 aromatic rings. The van der Waals surface area contributed by atoms with E-state index in [-0.39, 0.29) is 16.9 Å². The Morgan fingerprint density at radius 2 is 1.79 bits per heavy atom. The first kappa shape index (κ1) is 15.8. The van der Waals surface area contributed by atoms with E-state index >= 15 is 0 Å². The highest BCUT2D eigenvalue weighted by Crippen LogP contribution is 2.32. The van der Waals surface area contributed by atoms with Crippen LogP contribution in [0.3, 0.4) is 0 Å². The zero-order chi connectivity index (χ0) is 14.8. The topological polar surface area (TPSA) is 54.4 Å². The summed E-state index contributed by atoms with van der Waals surface area (Å²) < 4.78 is 22.9. The van der Waals surface area contributed by atoms with Crippen LogP contribution < -0.4 is 0 Å². The molecule has 0 unspecified atom stereocenters. The second-order valence-electron chi connectivity index (χ2n) is 5.96. The summed E-state index contributed by atoms with van der Waals surface area (Å²) in [5, 5.41) is 10.2. The quantitative estimate of drug-likeness (QED) is 0.864. The molecule has 0 aliphatic rings. The smallest absolute Gasteiger partial charge is 0.151 e. The molecule has 106 valence electrons. The van der Waals surface area contributed by atoms with E-state index in [1.807, 2.05) is 6.07 Å². The minimum absolute atomic E-state index is 0.0679. The Kier molecular flexibility index (Phi) is 4.46. The fraction of sp³-hybridized carbons (Fsp3) is 0.467. The first-order valence-corrected chi connectivity index (χ1v) is 8.24. The normalized spacial score (nSPS) is 12.4. The highest BCUT2D eigenvalue weighted by atomic mass is 32.2. The van der Waals surface area contributed by atoms with Crippen molar-refractivity contribution < 1.29 is 13.5 Å². The van der Waals surface area contributed by atoms with E-state index in [4.69, 9.17) is 0 Å². The van der Waals surface area contributed by atoms with Gasteiger partial charge < -0.3 is 5.11 Å². The molecule has 1 N–H and O–H groups in total. The Morgan fingerprint density at radius 1 is 1.26 bits per heavy atom. The van der Waals surface area contributed by atoms with Crippen LogP contribution in [0.15, 0.2) is 24.8 Å². The zero-order valence-electron chi connectivity index (χ0n) is 12.0. The lowest BCUT2D eigenvalue weighted by Gasteiger charge is -2.22. The van der Waals surface area contributed by atoms with Gasteiger partial charge in [0.15, 0.2) is 9.84 Å². The monoisotopic (exact) mass is 282 g/mol. The van der Waals surface area contributed by atoms with Crippen LogP contribution in [0.5, 0.6) is 5.75 Å². The van der Waals surface area contributed by atoms with Crippen LogP contribution in [0.2, 0.25) is 0 Å². The molecule has 0 heterocycles. The van der Waals surface area contributed by atoms with Gasteiger partial charge in [0.05, 0.1) is 5.75 Å². The average molecular weight is 282 g/mol. The summed E-state index contributed by atoms with van der Waals surface area (Å²) in [4.78, 5) is 0. The zero-order valence-corrected chi connectivity index (χ0v) is 12.8. The molecule has 0 fully saturated rings. The van der Waals surface area contributed by atoms with Crippen LogP contribution in [0.25, 0.3) is 0 Å². The predicted octanol–water partition coefficient (Wildman–Crippen LogP) is 2.96. The van der Waals surface area contributed by atoms with Gasteiger partial charge >= 0.3 is 0 Å². The molecule has 0 atom stereocenters. The van der Waals surface area contributed by atoms with Crippen molar-refractivity contribution in [1.82, 2.24) is 0 Å². The third kappa shape index (κ3) is 4.39. The Labute approximate surface area is 115 Å². The van der Waals surface area contributed by atoms with Crippen molar-refractivity contribution >= 4 is 9.84 Å². The van der Waals surface area contributed by atoms with E-state index < -0.39 is 9.84 Å². The molecule has 1 aromatic carbocycles. The SMILES string of the molecule is C=CCc1cc(C(C)(C)C)cc(CS(C)(=O)=O)c1O. The van der Waals surface area contributed by atoms with Gasteiger partial charge in [0, 0.05) is 11.8 Å². The van der Waals surface area contributed by atoms with Gasteiger partial charge in [-0.1, -0.05) is 39.0 Å². The first-order chi connectivity index (χ1) is 8.54. The number of phenols is 1. The molecule has 0 aromatic heterocycles. The van der Waals surface area contributed by atoms with E-state index in [9.17, 15) is 13.5 Å². The number of benzene rings is 1. The van der Waals surface area contributed by atoms with E-state index in [2.05, 4.69) is 27.4 Å². The largest absolute Gasteiger partial charge is 0.507 e. The van der Waals surface area contributed by atoms with Gasteiger partial charge in [0.1, 0.15) is 5.75 Å². The molecular formula is C15H22O3S. The van der Waals surface area contributed by atoms with Crippen molar-refractivity contribution in [1.29, 1.82) is 0 Å². The summed E-state index contributed by atoms with van der Waals surface area (Å²) in [5.41, 5.74) is 2.10. The summed E-state index contributed by atoms with van der Waals surface area (Å²) in [6.07, 6.45) is 3.39. The van der Waals surface area contributed by atoms with Gasteiger partial charge in [-0.2, -0.15) is 0 Å². The molecule has 4 heteroatoms. The van der Waals surface area contributed by atoms with Gasteiger partial charge in [0.2, 0.25) is 0 Å². The second-order valence-corrected chi connectivity index (χ2v) is 8.10. The Bertz CT molecular complexity index is 578. The molecule has 0 radical (unpaired) electrons.